The van der Waals surface area contributed by atoms with Crippen LogP contribution in [0.4, 0.5) is 0 Å². The number of hydrogen-bond acceptors (Lipinski definition) is 1. The number of nitrogens with zero attached hydrogens (tertiary/aromatic N) is 1. The predicted octanol–water partition coefficient (Wildman–Crippen LogP) is 3.69. The van der Waals surface area contributed by atoms with Crippen molar-refractivity contribution < 1.29 is 0 Å². The lowest BCUT2D eigenvalue weighted by Crippen LogP contribution is -2.29. The Morgan fingerprint density at radius 1 is 1.28 bits per heavy atom. The van der Waals surface area contributed by atoms with Crippen LogP contribution in [0.25, 0.3) is 10.9 Å². The maximum absolute atomic E-state index is 3.53. The van der Waals surface area contributed by atoms with Crippen molar-refractivity contribution in [3.05, 3.63) is 36.0 Å². The van der Waals surface area contributed by atoms with Gasteiger partial charge >= 0.3 is 0 Å². The first kappa shape index (κ1) is 11.8. The number of nitrogens with one attached hydrogen (secondary N) is 1. The van der Waals surface area contributed by atoms with Crippen molar-refractivity contribution in [3.63, 3.8) is 0 Å². The maximum atomic E-state index is 3.53. The fourth-order valence-corrected chi connectivity index (χ4v) is 3.19. The van der Waals surface area contributed by atoms with Gasteiger partial charge in [-0.1, -0.05) is 18.2 Å². The molecule has 1 unspecified atom stereocenters. The standard InChI is InChI=1S/C16H22N2/c1-12(2)18-15-8-4-3-6-13(15)10-16(18)14-7-5-9-17-11-14/h3-4,6,8,10,12,14,17H,5,7,9,11H2,1-2H3. The Kier molecular flexibility index (Phi) is 3.13. The summed E-state index contributed by atoms with van der Waals surface area (Å²) in [5.41, 5.74) is 2.89. The van der Waals surface area contributed by atoms with Crippen LogP contribution in [-0.4, -0.2) is 17.7 Å². The summed E-state index contributed by atoms with van der Waals surface area (Å²) in [5, 5.41) is 4.91. The topological polar surface area (TPSA) is 17.0 Å². The van der Waals surface area contributed by atoms with E-state index in [1.807, 2.05) is 0 Å². The van der Waals surface area contributed by atoms with E-state index in [1.54, 1.807) is 0 Å². The number of aromatic nitrogens is 1. The van der Waals surface area contributed by atoms with E-state index in [9.17, 15) is 0 Å². The molecule has 1 aliphatic heterocycles. The van der Waals surface area contributed by atoms with Crippen molar-refractivity contribution in [2.24, 2.45) is 0 Å². The van der Waals surface area contributed by atoms with Crippen LogP contribution in [0.1, 0.15) is 44.3 Å². The third-order valence-corrected chi connectivity index (χ3v) is 4.01. The van der Waals surface area contributed by atoms with Gasteiger partial charge in [0.05, 0.1) is 0 Å². The molecular weight excluding hydrogens is 220 g/mol. The minimum absolute atomic E-state index is 0.529. The lowest BCUT2D eigenvalue weighted by atomic mass is 9.96. The van der Waals surface area contributed by atoms with Crippen LogP contribution in [0, 0.1) is 0 Å². The highest BCUT2D eigenvalue weighted by Crippen LogP contribution is 2.31. The smallest absolute Gasteiger partial charge is 0.0485 e. The van der Waals surface area contributed by atoms with Gasteiger partial charge in [-0.25, -0.2) is 0 Å². The first-order valence-electron chi connectivity index (χ1n) is 7.08. The van der Waals surface area contributed by atoms with Crippen LogP contribution < -0.4 is 5.32 Å². The highest BCUT2D eigenvalue weighted by molar-refractivity contribution is 5.81. The molecule has 1 aliphatic rings. The number of piperidine rings is 1. The fraction of sp³-hybridized carbons (Fsp3) is 0.500. The molecule has 0 aliphatic carbocycles. The Morgan fingerprint density at radius 3 is 2.83 bits per heavy atom. The van der Waals surface area contributed by atoms with Crippen molar-refractivity contribution in [1.29, 1.82) is 0 Å². The first-order valence-corrected chi connectivity index (χ1v) is 7.08. The van der Waals surface area contributed by atoms with Crippen LogP contribution in [-0.2, 0) is 0 Å². The van der Waals surface area contributed by atoms with Crippen LogP contribution in [0.2, 0.25) is 0 Å². The number of para-hydroxylation sites is 1. The SMILES string of the molecule is CC(C)n1c(C2CCCNC2)cc2ccccc21. The van der Waals surface area contributed by atoms with E-state index in [1.165, 1.54) is 36.0 Å². The van der Waals surface area contributed by atoms with Crippen molar-refractivity contribution in [3.8, 4) is 0 Å². The fourth-order valence-electron chi connectivity index (χ4n) is 3.19. The summed E-state index contributed by atoms with van der Waals surface area (Å²) in [6, 6.07) is 11.7. The van der Waals surface area contributed by atoms with Gasteiger partial charge < -0.3 is 9.88 Å². The number of rotatable bonds is 2. The molecule has 0 saturated carbocycles. The molecule has 2 aromatic rings. The first-order chi connectivity index (χ1) is 8.77. The number of benzene rings is 1. The summed E-state index contributed by atoms with van der Waals surface area (Å²) in [5.74, 6) is 0.675. The molecule has 2 heterocycles. The summed E-state index contributed by atoms with van der Waals surface area (Å²) in [7, 11) is 0. The van der Waals surface area contributed by atoms with E-state index < -0.39 is 0 Å². The molecule has 1 aromatic heterocycles. The van der Waals surface area contributed by atoms with Crippen molar-refractivity contribution >= 4 is 10.9 Å². The molecule has 0 bridgehead atoms. The van der Waals surface area contributed by atoms with Gasteiger partial charge in [0.1, 0.15) is 0 Å². The summed E-state index contributed by atoms with van der Waals surface area (Å²) >= 11 is 0. The summed E-state index contributed by atoms with van der Waals surface area (Å²) in [4.78, 5) is 0. The predicted molar refractivity (Wildman–Crippen MR) is 77.2 cm³/mol. The average molecular weight is 242 g/mol. The van der Waals surface area contributed by atoms with Crippen molar-refractivity contribution in [2.45, 2.75) is 38.6 Å². The summed E-state index contributed by atoms with van der Waals surface area (Å²) < 4.78 is 2.52. The zero-order valence-corrected chi connectivity index (χ0v) is 11.3. The molecule has 1 N–H and O–H groups in total. The molecule has 2 heteroatoms. The zero-order valence-electron chi connectivity index (χ0n) is 11.3. The Balaban J connectivity index is 2.11. The Morgan fingerprint density at radius 2 is 2.11 bits per heavy atom. The normalized spacial score (nSPS) is 20.7. The van der Waals surface area contributed by atoms with E-state index >= 15 is 0 Å². The minimum atomic E-state index is 0.529. The van der Waals surface area contributed by atoms with Crippen LogP contribution in [0.15, 0.2) is 30.3 Å². The number of fused-ring (bicyclic) bond motifs is 1. The summed E-state index contributed by atoms with van der Waals surface area (Å²) in [6.45, 7) is 6.87. The largest absolute Gasteiger partial charge is 0.342 e. The quantitative estimate of drug-likeness (QED) is 0.850. The lowest BCUT2D eigenvalue weighted by molar-refractivity contribution is 0.434. The van der Waals surface area contributed by atoms with E-state index in [2.05, 4.69) is 54.1 Å². The molecule has 0 radical (unpaired) electrons. The van der Waals surface area contributed by atoms with Gasteiger partial charge in [-0.3, -0.25) is 0 Å². The Hall–Kier alpha value is -1.28. The van der Waals surface area contributed by atoms with Gasteiger partial charge in [0.25, 0.3) is 0 Å². The second-order valence-corrected chi connectivity index (χ2v) is 5.64. The molecule has 0 amide bonds. The third kappa shape index (κ3) is 1.95. The Bertz CT molecular complexity index is 533. The second-order valence-electron chi connectivity index (χ2n) is 5.64. The third-order valence-electron chi connectivity index (χ3n) is 4.01. The van der Waals surface area contributed by atoms with Crippen molar-refractivity contribution in [2.75, 3.05) is 13.1 Å². The number of hydrogen-bond donors (Lipinski definition) is 1. The van der Waals surface area contributed by atoms with Crippen molar-refractivity contribution in [1.82, 2.24) is 9.88 Å². The van der Waals surface area contributed by atoms with Crippen LogP contribution in [0.3, 0.4) is 0 Å². The highest BCUT2D eigenvalue weighted by atomic mass is 15.0. The zero-order chi connectivity index (χ0) is 12.5. The molecule has 1 saturated heterocycles. The lowest BCUT2D eigenvalue weighted by Gasteiger charge is -2.26. The molecule has 1 aromatic carbocycles. The van der Waals surface area contributed by atoms with E-state index in [0.717, 1.165) is 6.54 Å². The molecule has 1 fully saturated rings. The monoisotopic (exact) mass is 242 g/mol. The van der Waals surface area contributed by atoms with Gasteiger partial charge in [-0.05, 0) is 50.8 Å². The van der Waals surface area contributed by atoms with Gasteiger partial charge in [-0.2, -0.15) is 0 Å². The Labute approximate surface area is 109 Å². The van der Waals surface area contributed by atoms with Crippen LogP contribution in [0.5, 0.6) is 0 Å². The van der Waals surface area contributed by atoms with E-state index in [-0.39, 0.29) is 0 Å². The highest BCUT2D eigenvalue weighted by Gasteiger charge is 2.21. The van der Waals surface area contributed by atoms with Gasteiger partial charge in [0.2, 0.25) is 0 Å². The average Bonchev–Trinajstić information content (AvgIpc) is 2.79. The minimum Gasteiger partial charge on any atom is -0.342 e. The molecule has 18 heavy (non-hydrogen) atoms. The molecule has 2 nitrogen and oxygen atoms in total. The molecular formula is C16H22N2. The summed E-state index contributed by atoms with van der Waals surface area (Å²) in [6.07, 6.45) is 2.61. The van der Waals surface area contributed by atoms with Crippen LogP contribution >= 0.6 is 0 Å². The van der Waals surface area contributed by atoms with E-state index in [4.69, 9.17) is 0 Å². The molecule has 1 atom stereocenters. The molecule has 0 spiro atoms. The molecule has 96 valence electrons. The maximum Gasteiger partial charge on any atom is 0.0485 e. The second kappa shape index (κ2) is 4.77. The van der Waals surface area contributed by atoms with Gasteiger partial charge in [-0.15, -0.1) is 0 Å². The van der Waals surface area contributed by atoms with Gasteiger partial charge in [0, 0.05) is 29.7 Å². The van der Waals surface area contributed by atoms with E-state index in [0.29, 0.717) is 12.0 Å². The molecule has 3 rings (SSSR count). The van der Waals surface area contributed by atoms with Gasteiger partial charge in [0.15, 0.2) is 0 Å².